The van der Waals surface area contributed by atoms with Gasteiger partial charge in [-0.1, -0.05) is 23.7 Å². The zero-order valence-corrected chi connectivity index (χ0v) is 16.7. The van der Waals surface area contributed by atoms with E-state index in [0.717, 1.165) is 6.07 Å². The van der Waals surface area contributed by atoms with Gasteiger partial charge in [-0.25, -0.2) is 12.8 Å². The lowest BCUT2D eigenvalue weighted by Gasteiger charge is -2.10. The summed E-state index contributed by atoms with van der Waals surface area (Å²) in [5.41, 5.74) is 1.65. The number of anilines is 1. The molecule has 144 valence electrons. The molecule has 0 unspecified atom stereocenters. The number of nitrogens with zero attached hydrogens (tertiary/aromatic N) is 3. The number of hydrogen-bond acceptors (Lipinski definition) is 5. The van der Waals surface area contributed by atoms with Crippen molar-refractivity contribution in [2.45, 2.75) is 32.1 Å². The molecule has 0 amide bonds. The monoisotopic (exact) mass is 412 g/mol. The summed E-state index contributed by atoms with van der Waals surface area (Å²) < 4.78 is 49.0. The van der Waals surface area contributed by atoms with Crippen molar-refractivity contribution in [3.05, 3.63) is 46.3 Å². The predicted molar refractivity (Wildman–Crippen MR) is 99.8 cm³/mol. The lowest BCUT2D eigenvalue weighted by Crippen LogP contribution is -2.15. The van der Waals surface area contributed by atoms with E-state index >= 15 is 0 Å². The van der Waals surface area contributed by atoms with Crippen LogP contribution < -0.4 is 4.72 Å². The Bertz CT molecular complexity index is 1120. The zero-order chi connectivity index (χ0) is 19.9. The van der Waals surface area contributed by atoms with E-state index in [9.17, 15) is 12.8 Å². The maximum atomic E-state index is 13.4. The van der Waals surface area contributed by atoms with Crippen molar-refractivity contribution < 1.29 is 17.3 Å². The minimum absolute atomic E-state index is 0.0225. The van der Waals surface area contributed by atoms with Gasteiger partial charge < -0.3 is 9.09 Å². The first-order chi connectivity index (χ1) is 12.7. The Morgan fingerprint density at radius 3 is 2.59 bits per heavy atom. The second kappa shape index (κ2) is 6.97. The Morgan fingerprint density at radius 2 is 2.00 bits per heavy atom. The number of nitrogens with one attached hydrogen (secondary N) is 1. The molecule has 2 heterocycles. The van der Waals surface area contributed by atoms with E-state index < -0.39 is 15.8 Å². The third-order valence-electron chi connectivity index (χ3n) is 4.36. The molecule has 1 aromatic carbocycles. The van der Waals surface area contributed by atoms with Crippen molar-refractivity contribution in [1.29, 1.82) is 0 Å². The number of hydrogen-bond donors (Lipinski definition) is 1. The highest BCUT2D eigenvalue weighted by Gasteiger charge is 2.31. The van der Waals surface area contributed by atoms with Crippen LogP contribution in [0.1, 0.15) is 24.1 Å². The van der Waals surface area contributed by atoms with E-state index in [1.54, 1.807) is 25.5 Å². The minimum Gasteiger partial charge on any atom is -0.350 e. The molecule has 0 radical (unpaired) electrons. The third-order valence-corrected chi connectivity index (χ3v) is 6.19. The fraction of sp³-hybridized carbons (Fsp3) is 0.294. The summed E-state index contributed by atoms with van der Waals surface area (Å²) in [6, 6.07) is 3.60. The number of halogens is 2. The van der Waals surface area contributed by atoms with Gasteiger partial charge in [0.05, 0.1) is 16.3 Å². The summed E-state index contributed by atoms with van der Waals surface area (Å²) in [4.78, 5) is 4.29. The molecule has 27 heavy (non-hydrogen) atoms. The number of aromatic nitrogens is 3. The zero-order valence-electron chi connectivity index (χ0n) is 15.2. The highest BCUT2D eigenvalue weighted by molar-refractivity contribution is 7.93. The van der Waals surface area contributed by atoms with Crippen LogP contribution in [0.2, 0.25) is 5.02 Å². The highest BCUT2D eigenvalue weighted by atomic mass is 35.5. The molecule has 3 aromatic rings. The van der Waals surface area contributed by atoms with Gasteiger partial charge in [0.1, 0.15) is 10.7 Å². The number of benzene rings is 1. The van der Waals surface area contributed by atoms with Gasteiger partial charge >= 0.3 is 0 Å². The maximum absolute atomic E-state index is 13.4. The van der Waals surface area contributed by atoms with Gasteiger partial charge in [-0.3, -0.25) is 4.72 Å². The third kappa shape index (κ3) is 3.44. The van der Waals surface area contributed by atoms with E-state index in [1.807, 2.05) is 6.92 Å². The largest absolute Gasteiger partial charge is 0.350 e. The standard InChI is InChI=1S/C17H18ClFN4O3S/c1-5-14-20-17(26-21-14)15-9(2)23(4)10(3)16(15)27(24,25)22-11-6-7-13(19)12(18)8-11/h6-8,22H,5H2,1-4H3. The second-order valence-corrected chi connectivity index (χ2v) is 8.06. The van der Waals surface area contributed by atoms with E-state index in [-0.39, 0.29) is 21.5 Å². The van der Waals surface area contributed by atoms with Crippen molar-refractivity contribution in [2.75, 3.05) is 4.72 Å². The van der Waals surface area contributed by atoms with Gasteiger partial charge in [-0.2, -0.15) is 4.98 Å². The summed E-state index contributed by atoms with van der Waals surface area (Å²) in [6.45, 7) is 5.32. The first kappa shape index (κ1) is 19.4. The molecule has 3 rings (SSSR count). The number of aryl methyl sites for hydroxylation is 1. The Morgan fingerprint density at radius 1 is 1.30 bits per heavy atom. The summed E-state index contributed by atoms with van der Waals surface area (Å²) in [6.07, 6.45) is 0.558. The first-order valence-electron chi connectivity index (χ1n) is 8.12. The van der Waals surface area contributed by atoms with Gasteiger partial charge in [0, 0.05) is 24.9 Å². The Kier molecular flexibility index (Phi) is 5.00. The molecule has 0 aliphatic carbocycles. The lowest BCUT2D eigenvalue weighted by atomic mass is 10.2. The summed E-state index contributed by atoms with van der Waals surface area (Å²) in [7, 11) is -2.28. The van der Waals surface area contributed by atoms with E-state index in [0.29, 0.717) is 29.2 Å². The second-order valence-electron chi connectivity index (χ2n) is 6.04. The quantitative estimate of drug-likeness (QED) is 0.687. The predicted octanol–water partition coefficient (Wildman–Crippen LogP) is 3.85. The molecule has 0 aliphatic rings. The van der Waals surface area contributed by atoms with Crippen LogP contribution in [-0.4, -0.2) is 23.1 Å². The molecule has 0 aliphatic heterocycles. The first-order valence-corrected chi connectivity index (χ1v) is 9.98. The van der Waals surface area contributed by atoms with Crippen molar-refractivity contribution in [2.24, 2.45) is 7.05 Å². The molecule has 1 N–H and O–H groups in total. The van der Waals surface area contributed by atoms with Crippen LogP contribution in [0.25, 0.3) is 11.5 Å². The fourth-order valence-electron chi connectivity index (χ4n) is 2.76. The molecule has 0 spiro atoms. The molecule has 0 saturated carbocycles. The van der Waals surface area contributed by atoms with Crippen LogP contribution >= 0.6 is 11.6 Å². The smallest absolute Gasteiger partial charge is 0.264 e. The lowest BCUT2D eigenvalue weighted by molar-refractivity contribution is 0.422. The van der Waals surface area contributed by atoms with Crippen LogP contribution in [-0.2, 0) is 23.5 Å². The molecule has 0 saturated heterocycles. The molecule has 0 bridgehead atoms. The van der Waals surface area contributed by atoms with Crippen molar-refractivity contribution >= 4 is 27.3 Å². The van der Waals surface area contributed by atoms with Gasteiger partial charge in [-0.15, -0.1) is 0 Å². The van der Waals surface area contributed by atoms with Crippen molar-refractivity contribution in [3.8, 4) is 11.5 Å². The average molecular weight is 413 g/mol. The van der Waals surface area contributed by atoms with E-state index in [1.165, 1.54) is 12.1 Å². The van der Waals surface area contributed by atoms with Gasteiger partial charge in [0.15, 0.2) is 5.82 Å². The summed E-state index contributed by atoms with van der Waals surface area (Å²) in [5.74, 6) is -0.0249. The normalized spacial score (nSPS) is 11.8. The Labute approximate surface area is 161 Å². The minimum atomic E-state index is -4.03. The topological polar surface area (TPSA) is 90.0 Å². The van der Waals surface area contributed by atoms with Crippen LogP contribution in [0.15, 0.2) is 27.6 Å². The molecule has 10 heteroatoms. The van der Waals surface area contributed by atoms with Crippen molar-refractivity contribution in [1.82, 2.24) is 14.7 Å². The number of rotatable bonds is 5. The Balaban J connectivity index is 2.14. The molecule has 0 atom stereocenters. The summed E-state index contributed by atoms with van der Waals surface area (Å²) >= 11 is 5.75. The van der Waals surface area contributed by atoms with E-state index in [2.05, 4.69) is 14.9 Å². The molecule has 0 fully saturated rings. The summed E-state index contributed by atoms with van der Waals surface area (Å²) in [5, 5.41) is 3.67. The average Bonchev–Trinajstić information content (AvgIpc) is 3.16. The van der Waals surface area contributed by atoms with Crippen LogP contribution in [0.3, 0.4) is 0 Å². The van der Waals surface area contributed by atoms with Gasteiger partial charge in [0.25, 0.3) is 15.9 Å². The molecular formula is C17H18ClFN4O3S. The molecule has 7 nitrogen and oxygen atoms in total. The van der Waals surface area contributed by atoms with Crippen LogP contribution in [0.4, 0.5) is 10.1 Å². The van der Waals surface area contributed by atoms with Gasteiger partial charge in [0.2, 0.25) is 0 Å². The van der Waals surface area contributed by atoms with Crippen molar-refractivity contribution in [3.63, 3.8) is 0 Å². The number of sulfonamides is 1. The van der Waals surface area contributed by atoms with Crippen LogP contribution in [0.5, 0.6) is 0 Å². The maximum Gasteiger partial charge on any atom is 0.264 e. The van der Waals surface area contributed by atoms with E-state index in [4.69, 9.17) is 16.1 Å². The fourth-order valence-corrected chi connectivity index (χ4v) is 4.51. The highest BCUT2D eigenvalue weighted by Crippen LogP contribution is 2.35. The van der Waals surface area contributed by atoms with Gasteiger partial charge in [-0.05, 0) is 32.0 Å². The SMILES string of the molecule is CCc1noc(-c2c(S(=O)(=O)Nc3ccc(F)c(Cl)c3)c(C)n(C)c2C)n1. The molecular weight excluding hydrogens is 395 g/mol. The molecule has 2 aromatic heterocycles. The Hall–Kier alpha value is -2.39. The van der Waals surface area contributed by atoms with Crippen LogP contribution in [0, 0.1) is 19.7 Å².